The Morgan fingerprint density at radius 3 is 2.45 bits per heavy atom. The molecule has 20 heavy (non-hydrogen) atoms. The van der Waals surface area contributed by atoms with Crippen molar-refractivity contribution in [3.8, 4) is 0 Å². The van der Waals surface area contributed by atoms with Gasteiger partial charge < -0.3 is 10.0 Å². The molecule has 1 heterocycles. The van der Waals surface area contributed by atoms with Crippen LogP contribution in [-0.4, -0.2) is 55.5 Å². The van der Waals surface area contributed by atoms with E-state index in [2.05, 4.69) is 0 Å². The molecule has 1 aromatic rings. The quantitative estimate of drug-likeness (QED) is 0.835. The fourth-order valence-electron chi connectivity index (χ4n) is 2.40. The van der Waals surface area contributed by atoms with Crippen molar-refractivity contribution in [2.75, 3.05) is 25.9 Å². The summed E-state index contributed by atoms with van der Waals surface area (Å²) in [6.45, 7) is 1.00. The van der Waals surface area contributed by atoms with E-state index >= 15 is 0 Å². The van der Waals surface area contributed by atoms with Crippen LogP contribution in [-0.2, 0) is 21.1 Å². The summed E-state index contributed by atoms with van der Waals surface area (Å²) in [5.41, 5.74) is 0.848. The molecule has 1 unspecified atom stereocenters. The van der Waals surface area contributed by atoms with Gasteiger partial charge in [0.25, 0.3) is 0 Å². The van der Waals surface area contributed by atoms with Crippen LogP contribution in [0.15, 0.2) is 30.3 Å². The second-order valence-electron chi connectivity index (χ2n) is 5.40. The van der Waals surface area contributed by atoms with Gasteiger partial charge in [0.05, 0.1) is 16.9 Å². The molecule has 0 aliphatic carbocycles. The molecule has 1 N–H and O–H groups in total. The highest BCUT2D eigenvalue weighted by Crippen LogP contribution is 2.19. The van der Waals surface area contributed by atoms with E-state index in [0.717, 1.165) is 5.56 Å². The highest BCUT2D eigenvalue weighted by atomic mass is 32.2. The van der Waals surface area contributed by atoms with Crippen molar-refractivity contribution < 1.29 is 18.3 Å². The monoisotopic (exact) mass is 297 g/mol. The fourth-order valence-corrected chi connectivity index (χ4v) is 4.46. The lowest BCUT2D eigenvalue weighted by Gasteiger charge is -2.36. The van der Waals surface area contributed by atoms with E-state index < -0.39 is 27.0 Å². The number of rotatable bonds is 6. The lowest BCUT2D eigenvalue weighted by atomic mass is 10.0. The van der Waals surface area contributed by atoms with Crippen LogP contribution < -0.4 is 0 Å². The number of nitrogens with zero attached hydrogens (tertiary/aromatic N) is 1. The van der Waals surface area contributed by atoms with Gasteiger partial charge in [0.15, 0.2) is 9.84 Å². The van der Waals surface area contributed by atoms with Gasteiger partial charge in [0, 0.05) is 13.1 Å². The smallest absolute Gasteiger partial charge is 0.307 e. The molecule has 1 saturated heterocycles. The third-order valence-corrected chi connectivity index (χ3v) is 5.83. The second kappa shape index (κ2) is 5.93. The fraction of sp³-hybridized carbons (Fsp3) is 0.500. The highest BCUT2D eigenvalue weighted by molar-refractivity contribution is 7.92. The molecule has 0 amide bonds. The number of likely N-dealkylation sites (tertiary alicyclic amines) is 1. The average Bonchev–Trinajstić information content (AvgIpc) is 2.35. The first kappa shape index (κ1) is 15.0. The molecule has 0 radical (unpaired) electrons. The molecule has 1 atom stereocenters. The molecule has 5 nitrogen and oxygen atoms in total. The predicted molar refractivity (Wildman–Crippen MR) is 76.3 cm³/mol. The molecular weight excluding hydrogens is 278 g/mol. The molecule has 6 heteroatoms. The van der Waals surface area contributed by atoms with Gasteiger partial charge in [-0.1, -0.05) is 30.3 Å². The highest BCUT2D eigenvalue weighted by Gasteiger charge is 2.37. The van der Waals surface area contributed by atoms with E-state index in [-0.39, 0.29) is 12.2 Å². The van der Waals surface area contributed by atoms with Crippen molar-refractivity contribution in [2.24, 2.45) is 5.92 Å². The molecule has 1 fully saturated rings. The number of carboxylic acids is 1. The number of hydrogen-bond donors (Lipinski definition) is 1. The Morgan fingerprint density at radius 1 is 1.35 bits per heavy atom. The maximum Gasteiger partial charge on any atom is 0.307 e. The zero-order chi connectivity index (χ0) is 14.8. The summed E-state index contributed by atoms with van der Waals surface area (Å²) in [5, 5.41) is 8.84. The van der Waals surface area contributed by atoms with Gasteiger partial charge in [-0.05, 0) is 19.0 Å². The molecule has 110 valence electrons. The van der Waals surface area contributed by atoms with Crippen LogP contribution in [0, 0.1) is 5.92 Å². The van der Waals surface area contributed by atoms with Crippen LogP contribution in [0.2, 0.25) is 0 Å². The summed E-state index contributed by atoms with van der Waals surface area (Å²) in [6.07, 6.45) is 0.248. The third kappa shape index (κ3) is 3.58. The largest absolute Gasteiger partial charge is 0.481 e. The van der Waals surface area contributed by atoms with Gasteiger partial charge in [-0.15, -0.1) is 0 Å². The molecule has 0 saturated carbocycles. The topological polar surface area (TPSA) is 74.7 Å². The summed E-state index contributed by atoms with van der Waals surface area (Å²) in [6, 6.07) is 9.13. The number of carboxylic acid groups (broad SMARTS) is 1. The summed E-state index contributed by atoms with van der Waals surface area (Å²) < 4.78 is 24.3. The standard InChI is InChI=1S/C14H19NO4S/c1-15-8-13(9-15)20(18,19)10-12(14(16)17)7-11-5-3-2-4-6-11/h2-6,12-13H,7-10H2,1H3,(H,16,17). The Morgan fingerprint density at radius 2 is 1.95 bits per heavy atom. The van der Waals surface area contributed by atoms with Crippen molar-refractivity contribution >= 4 is 15.8 Å². The summed E-state index contributed by atoms with van der Waals surface area (Å²) in [5.74, 6) is -2.21. The Hall–Kier alpha value is -1.40. The Balaban J connectivity index is 2.04. The van der Waals surface area contributed by atoms with Crippen LogP contribution in [0.5, 0.6) is 0 Å². The molecular formula is C14H19NO4S. The maximum atomic E-state index is 12.2. The number of aliphatic carboxylic acids is 1. The van der Waals surface area contributed by atoms with Gasteiger partial charge in [-0.2, -0.15) is 0 Å². The predicted octanol–water partition coefficient (Wildman–Crippen LogP) is 0.659. The molecule has 1 aliphatic rings. The van der Waals surface area contributed by atoms with Crippen LogP contribution >= 0.6 is 0 Å². The van der Waals surface area contributed by atoms with Crippen molar-refractivity contribution in [3.63, 3.8) is 0 Å². The minimum absolute atomic E-state index is 0.248. The van der Waals surface area contributed by atoms with E-state index in [0.29, 0.717) is 13.1 Å². The van der Waals surface area contributed by atoms with Gasteiger partial charge >= 0.3 is 5.97 Å². The van der Waals surface area contributed by atoms with Crippen LogP contribution in [0.25, 0.3) is 0 Å². The van der Waals surface area contributed by atoms with Crippen LogP contribution in [0.3, 0.4) is 0 Å². The Bertz CT molecular complexity index is 564. The first-order chi connectivity index (χ1) is 9.38. The van der Waals surface area contributed by atoms with Crippen molar-refractivity contribution in [1.29, 1.82) is 0 Å². The lowest BCUT2D eigenvalue weighted by molar-refractivity contribution is -0.140. The van der Waals surface area contributed by atoms with Crippen molar-refractivity contribution in [3.05, 3.63) is 35.9 Å². The summed E-state index contributed by atoms with van der Waals surface area (Å²) in [4.78, 5) is 13.2. The average molecular weight is 297 g/mol. The van der Waals surface area contributed by atoms with E-state index in [1.165, 1.54) is 0 Å². The zero-order valence-corrected chi connectivity index (χ0v) is 12.2. The van der Waals surface area contributed by atoms with Gasteiger partial charge in [-0.25, -0.2) is 8.42 Å². The molecule has 1 aromatic carbocycles. The summed E-state index contributed by atoms with van der Waals surface area (Å²) in [7, 11) is -1.49. The molecule has 0 spiro atoms. The second-order valence-corrected chi connectivity index (χ2v) is 7.72. The van der Waals surface area contributed by atoms with Crippen LogP contribution in [0.4, 0.5) is 0 Å². The number of hydrogen-bond acceptors (Lipinski definition) is 4. The maximum absolute atomic E-state index is 12.2. The van der Waals surface area contributed by atoms with Crippen LogP contribution in [0.1, 0.15) is 5.56 Å². The van der Waals surface area contributed by atoms with E-state index in [1.807, 2.05) is 42.3 Å². The molecule has 0 bridgehead atoms. The van der Waals surface area contributed by atoms with Crippen molar-refractivity contribution in [1.82, 2.24) is 4.90 Å². The van der Waals surface area contributed by atoms with E-state index in [9.17, 15) is 18.3 Å². The Kier molecular flexibility index (Phi) is 4.45. The number of benzene rings is 1. The van der Waals surface area contributed by atoms with Gasteiger partial charge in [0.1, 0.15) is 0 Å². The van der Waals surface area contributed by atoms with E-state index in [1.54, 1.807) is 0 Å². The zero-order valence-electron chi connectivity index (χ0n) is 11.4. The lowest BCUT2D eigenvalue weighted by Crippen LogP contribution is -2.53. The molecule has 0 aromatic heterocycles. The third-order valence-electron chi connectivity index (χ3n) is 3.65. The molecule has 2 rings (SSSR count). The number of sulfone groups is 1. The minimum atomic E-state index is -3.34. The SMILES string of the molecule is CN1CC(S(=O)(=O)CC(Cc2ccccc2)C(=O)O)C1. The normalized spacial score (nSPS) is 18.4. The first-order valence-electron chi connectivity index (χ1n) is 6.55. The first-order valence-corrected chi connectivity index (χ1v) is 8.27. The molecule has 1 aliphatic heterocycles. The summed E-state index contributed by atoms with van der Waals surface area (Å²) >= 11 is 0. The minimum Gasteiger partial charge on any atom is -0.481 e. The number of carbonyl (C=O) groups is 1. The van der Waals surface area contributed by atoms with Crippen molar-refractivity contribution in [2.45, 2.75) is 11.7 Å². The van der Waals surface area contributed by atoms with Gasteiger partial charge in [0.2, 0.25) is 0 Å². The van der Waals surface area contributed by atoms with Gasteiger partial charge in [-0.3, -0.25) is 4.79 Å². The van der Waals surface area contributed by atoms with E-state index in [4.69, 9.17) is 0 Å². The Labute approximate surface area is 119 Å².